The molecular weight excluding hydrogens is 645 g/mol. The van der Waals surface area contributed by atoms with Gasteiger partial charge in [0.2, 0.25) is 5.89 Å². The SMILES string of the molecule is CC1(C)c2ccccc2-c2c(N(c3ccc4oc5cc6oc(-c7ccccc7)nc6cc5c4c3)c3ccc4sc5ccccc5c4c3)cccc21. The zero-order chi connectivity index (χ0) is 33.8. The molecule has 0 aliphatic heterocycles. The summed E-state index contributed by atoms with van der Waals surface area (Å²) in [5.41, 5.74) is 12.5. The van der Waals surface area contributed by atoms with Gasteiger partial charge in [-0.15, -0.1) is 11.3 Å². The topological polar surface area (TPSA) is 42.4 Å². The van der Waals surface area contributed by atoms with Gasteiger partial charge in [-0.05, 0) is 83.4 Å². The van der Waals surface area contributed by atoms with Gasteiger partial charge in [-0.1, -0.05) is 86.6 Å². The number of oxazole rings is 1. The van der Waals surface area contributed by atoms with Crippen LogP contribution in [0.3, 0.4) is 0 Å². The first-order chi connectivity index (χ1) is 25.0. The van der Waals surface area contributed by atoms with Crippen LogP contribution in [-0.4, -0.2) is 4.98 Å². The van der Waals surface area contributed by atoms with Crippen molar-refractivity contribution in [3.05, 3.63) is 157 Å². The summed E-state index contributed by atoms with van der Waals surface area (Å²) in [4.78, 5) is 7.31. The molecule has 242 valence electrons. The van der Waals surface area contributed by atoms with Gasteiger partial charge in [0.05, 0.1) is 5.69 Å². The van der Waals surface area contributed by atoms with Crippen molar-refractivity contribution < 1.29 is 8.83 Å². The largest absolute Gasteiger partial charge is 0.456 e. The van der Waals surface area contributed by atoms with Crippen LogP contribution in [0.5, 0.6) is 0 Å². The van der Waals surface area contributed by atoms with E-state index in [2.05, 4.69) is 128 Å². The molecule has 0 saturated heterocycles. The maximum Gasteiger partial charge on any atom is 0.227 e. The van der Waals surface area contributed by atoms with Crippen molar-refractivity contribution >= 4 is 81.6 Å². The van der Waals surface area contributed by atoms with Crippen LogP contribution in [0.4, 0.5) is 17.1 Å². The molecule has 3 aromatic heterocycles. The van der Waals surface area contributed by atoms with Crippen LogP contribution < -0.4 is 4.90 Å². The molecule has 0 fully saturated rings. The van der Waals surface area contributed by atoms with E-state index in [1.807, 2.05) is 47.7 Å². The Kier molecular flexibility index (Phi) is 5.85. The van der Waals surface area contributed by atoms with Gasteiger partial charge in [0.1, 0.15) is 16.7 Å². The zero-order valence-electron chi connectivity index (χ0n) is 28.0. The summed E-state index contributed by atoms with van der Waals surface area (Å²) in [6, 6.07) is 51.9. The van der Waals surface area contributed by atoms with Gasteiger partial charge in [0, 0.05) is 64.9 Å². The van der Waals surface area contributed by atoms with Gasteiger partial charge in [-0.3, -0.25) is 0 Å². The van der Waals surface area contributed by atoms with Crippen molar-refractivity contribution in [3.63, 3.8) is 0 Å². The van der Waals surface area contributed by atoms with Crippen LogP contribution in [0.15, 0.2) is 154 Å². The number of aromatic nitrogens is 1. The summed E-state index contributed by atoms with van der Waals surface area (Å²) in [5.74, 6) is 0.604. The fourth-order valence-corrected chi connectivity index (χ4v) is 9.32. The molecule has 0 radical (unpaired) electrons. The summed E-state index contributed by atoms with van der Waals surface area (Å²) < 4.78 is 15.2. The molecule has 5 heteroatoms. The first kappa shape index (κ1) is 28.6. The molecule has 7 aromatic carbocycles. The Morgan fingerprint density at radius 3 is 2.18 bits per heavy atom. The first-order valence-electron chi connectivity index (χ1n) is 17.3. The maximum absolute atomic E-state index is 6.46. The molecule has 0 saturated carbocycles. The van der Waals surface area contributed by atoms with Crippen molar-refractivity contribution in [3.8, 4) is 22.6 Å². The monoisotopic (exact) mass is 674 g/mol. The Hall–Kier alpha value is -6.17. The third-order valence-corrected chi connectivity index (χ3v) is 11.8. The fraction of sp³-hybridized carbons (Fsp3) is 0.0652. The summed E-state index contributed by atoms with van der Waals surface area (Å²) in [5, 5.41) is 4.60. The van der Waals surface area contributed by atoms with Gasteiger partial charge in [0.15, 0.2) is 5.58 Å². The minimum absolute atomic E-state index is 0.118. The molecule has 1 aliphatic carbocycles. The lowest BCUT2D eigenvalue weighted by Gasteiger charge is -2.29. The van der Waals surface area contributed by atoms with E-state index in [9.17, 15) is 0 Å². The summed E-state index contributed by atoms with van der Waals surface area (Å²) in [7, 11) is 0. The lowest BCUT2D eigenvalue weighted by molar-refractivity contribution is 0.617. The number of anilines is 3. The van der Waals surface area contributed by atoms with E-state index < -0.39 is 0 Å². The van der Waals surface area contributed by atoms with Crippen LogP contribution >= 0.6 is 11.3 Å². The van der Waals surface area contributed by atoms with E-state index in [0.717, 1.165) is 50.1 Å². The van der Waals surface area contributed by atoms with Gasteiger partial charge in [0.25, 0.3) is 0 Å². The van der Waals surface area contributed by atoms with E-state index in [-0.39, 0.29) is 5.41 Å². The van der Waals surface area contributed by atoms with Crippen LogP contribution in [0.2, 0.25) is 0 Å². The molecule has 0 N–H and O–H groups in total. The van der Waals surface area contributed by atoms with E-state index in [1.165, 1.54) is 42.4 Å². The van der Waals surface area contributed by atoms with Gasteiger partial charge in [-0.25, -0.2) is 4.98 Å². The number of rotatable bonds is 4. The number of hydrogen-bond acceptors (Lipinski definition) is 5. The fourth-order valence-electron chi connectivity index (χ4n) is 8.23. The second kappa shape index (κ2) is 10.4. The third-order valence-electron chi connectivity index (χ3n) is 10.7. The van der Waals surface area contributed by atoms with Crippen molar-refractivity contribution in [2.75, 3.05) is 4.90 Å². The summed E-state index contributed by atoms with van der Waals surface area (Å²) in [6.07, 6.45) is 0. The van der Waals surface area contributed by atoms with Crippen LogP contribution in [0, 0.1) is 0 Å². The Bertz CT molecular complexity index is 3020. The molecule has 0 amide bonds. The quantitative estimate of drug-likeness (QED) is 0.186. The molecule has 51 heavy (non-hydrogen) atoms. The molecule has 0 bridgehead atoms. The van der Waals surface area contributed by atoms with E-state index in [1.54, 1.807) is 0 Å². The highest BCUT2D eigenvalue weighted by molar-refractivity contribution is 7.25. The van der Waals surface area contributed by atoms with E-state index in [0.29, 0.717) is 11.5 Å². The first-order valence-corrected chi connectivity index (χ1v) is 18.1. The Balaban J connectivity index is 1.16. The van der Waals surface area contributed by atoms with Crippen molar-refractivity contribution in [2.24, 2.45) is 0 Å². The number of benzene rings is 7. The smallest absolute Gasteiger partial charge is 0.227 e. The Morgan fingerprint density at radius 1 is 0.549 bits per heavy atom. The van der Waals surface area contributed by atoms with Gasteiger partial charge < -0.3 is 13.7 Å². The van der Waals surface area contributed by atoms with Crippen molar-refractivity contribution in [1.82, 2.24) is 4.98 Å². The molecular formula is C46H30N2O2S. The zero-order valence-corrected chi connectivity index (χ0v) is 28.8. The molecule has 11 rings (SSSR count). The highest BCUT2D eigenvalue weighted by Gasteiger charge is 2.37. The molecule has 0 unspecified atom stereocenters. The van der Waals surface area contributed by atoms with Crippen molar-refractivity contribution in [2.45, 2.75) is 19.3 Å². The number of hydrogen-bond donors (Lipinski definition) is 0. The standard InChI is InChI=1S/C46H30N2O2S/c1-46(2)35-15-8-6-14-31(35)44-36(46)16-10-17-38(44)48(29-20-22-43-34(24-29)30-13-7-9-18-42(30)51-43)28-19-21-39-32(23-28)33-25-37-41(26-40(33)49-39)50-45(47-37)27-11-4-3-5-12-27/h3-26H,1-2H3. The van der Waals surface area contributed by atoms with Gasteiger partial charge in [-0.2, -0.15) is 0 Å². The predicted molar refractivity (Wildman–Crippen MR) is 212 cm³/mol. The number of thiophene rings is 1. The highest BCUT2D eigenvalue weighted by atomic mass is 32.1. The number of fused-ring (bicyclic) bond motifs is 10. The molecule has 0 atom stereocenters. The van der Waals surface area contributed by atoms with Crippen LogP contribution in [-0.2, 0) is 5.41 Å². The normalized spacial score (nSPS) is 13.5. The van der Waals surface area contributed by atoms with Crippen LogP contribution in [0.25, 0.3) is 75.8 Å². The molecule has 0 spiro atoms. The number of nitrogens with zero attached hydrogens (tertiary/aromatic N) is 2. The van der Waals surface area contributed by atoms with E-state index >= 15 is 0 Å². The third kappa shape index (κ3) is 4.16. The second-order valence-electron chi connectivity index (χ2n) is 14.0. The molecule has 1 aliphatic rings. The maximum atomic E-state index is 6.46. The predicted octanol–water partition coefficient (Wildman–Crippen LogP) is 13.5. The molecule has 3 heterocycles. The number of furan rings is 1. The summed E-state index contributed by atoms with van der Waals surface area (Å²) >= 11 is 1.85. The average Bonchev–Trinajstić information content (AvgIpc) is 3.91. The van der Waals surface area contributed by atoms with Crippen LogP contribution in [0.1, 0.15) is 25.0 Å². The Labute approximate surface area is 297 Å². The molecule has 10 aromatic rings. The lowest BCUT2D eigenvalue weighted by Crippen LogP contribution is -2.16. The molecule has 4 nitrogen and oxygen atoms in total. The Morgan fingerprint density at radius 2 is 1.27 bits per heavy atom. The second-order valence-corrected chi connectivity index (χ2v) is 15.1. The minimum Gasteiger partial charge on any atom is -0.456 e. The highest BCUT2D eigenvalue weighted by Crippen LogP contribution is 2.54. The van der Waals surface area contributed by atoms with Gasteiger partial charge >= 0.3 is 0 Å². The van der Waals surface area contributed by atoms with E-state index in [4.69, 9.17) is 13.8 Å². The van der Waals surface area contributed by atoms with Crippen molar-refractivity contribution in [1.29, 1.82) is 0 Å². The average molecular weight is 675 g/mol. The lowest BCUT2D eigenvalue weighted by atomic mass is 9.82. The summed E-state index contributed by atoms with van der Waals surface area (Å²) in [6.45, 7) is 4.68. The minimum atomic E-state index is -0.118.